The van der Waals surface area contributed by atoms with E-state index in [1.807, 2.05) is 0 Å². The highest BCUT2D eigenvalue weighted by Crippen LogP contribution is 2.38. The number of rotatable bonds is 5. The van der Waals surface area contributed by atoms with Crippen molar-refractivity contribution in [2.24, 2.45) is 10.9 Å². The molecule has 34 heavy (non-hydrogen) atoms. The normalized spacial score (nSPS) is 17.9. The van der Waals surface area contributed by atoms with Gasteiger partial charge in [-0.05, 0) is 41.0 Å². The van der Waals surface area contributed by atoms with Gasteiger partial charge in [-0.1, -0.05) is 42.5 Å². The van der Waals surface area contributed by atoms with Gasteiger partial charge in [-0.15, -0.1) is 13.2 Å². The number of nitrogens with one attached hydrogen (secondary N) is 1. The minimum absolute atomic E-state index is 0.0740. The number of aliphatic imine (C=N–C) groups is 1. The zero-order valence-corrected chi connectivity index (χ0v) is 17.9. The highest BCUT2D eigenvalue weighted by molar-refractivity contribution is 6.05. The lowest BCUT2D eigenvalue weighted by Crippen LogP contribution is -2.29. The Morgan fingerprint density at radius 1 is 0.941 bits per heavy atom. The molecular weight excluding hydrogens is 455 g/mol. The SMILES string of the molecule is CNC(=O)[C@H]1CC(c2c(F)cccc2F)=NC1c1ccc(-c2ccc(OC(F)(F)F)cc2)cc1. The molecule has 1 heterocycles. The molecule has 3 aromatic rings. The molecule has 0 radical (unpaired) electrons. The van der Waals surface area contributed by atoms with Crippen molar-refractivity contribution in [3.05, 3.63) is 89.5 Å². The van der Waals surface area contributed by atoms with Crippen LogP contribution in [-0.4, -0.2) is 25.0 Å². The lowest BCUT2D eigenvalue weighted by molar-refractivity contribution is -0.274. The van der Waals surface area contributed by atoms with E-state index in [1.165, 1.54) is 37.4 Å². The Hall–Kier alpha value is -3.75. The second kappa shape index (κ2) is 9.24. The fraction of sp³-hybridized carbons (Fsp3) is 0.200. The van der Waals surface area contributed by atoms with Crippen LogP contribution in [0.4, 0.5) is 22.0 Å². The number of alkyl halides is 3. The fourth-order valence-corrected chi connectivity index (χ4v) is 4.02. The van der Waals surface area contributed by atoms with Gasteiger partial charge in [0.2, 0.25) is 5.91 Å². The minimum Gasteiger partial charge on any atom is -0.406 e. The summed E-state index contributed by atoms with van der Waals surface area (Å²) in [4.78, 5) is 17.0. The third kappa shape index (κ3) is 4.93. The molecule has 4 nitrogen and oxygen atoms in total. The van der Waals surface area contributed by atoms with Gasteiger partial charge in [-0.25, -0.2) is 8.78 Å². The molecule has 1 unspecified atom stereocenters. The van der Waals surface area contributed by atoms with Crippen LogP contribution in [0.25, 0.3) is 11.1 Å². The van der Waals surface area contributed by atoms with E-state index in [-0.39, 0.29) is 29.4 Å². The first-order chi connectivity index (χ1) is 16.2. The van der Waals surface area contributed by atoms with Crippen molar-refractivity contribution in [2.75, 3.05) is 7.05 Å². The van der Waals surface area contributed by atoms with Gasteiger partial charge in [0.05, 0.1) is 17.5 Å². The van der Waals surface area contributed by atoms with Gasteiger partial charge in [0.1, 0.15) is 17.4 Å². The molecular formula is C25H19F5N2O2. The Kier molecular flexibility index (Phi) is 6.37. The van der Waals surface area contributed by atoms with Crippen molar-refractivity contribution in [3.63, 3.8) is 0 Å². The monoisotopic (exact) mass is 474 g/mol. The molecule has 0 aliphatic carbocycles. The number of ether oxygens (including phenoxy) is 1. The van der Waals surface area contributed by atoms with E-state index in [9.17, 15) is 26.7 Å². The number of benzene rings is 3. The number of hydrogen-bond donors (Lipinski definition) is 1. The zero-order valence-electron chi connectivity index (χ0n) is 17.9. The van der Waals surface area contributed by atoms with E-state index in [1.54, 1.807) is 24.3 Å². The third-order valence-corrected chi connectivity index (χ3v) is 5.60. The van der Waals surface area contributed by atoms with Crippen molar-refractivity contribution in [3.8, 4) is 16.9 Å². The van der Waals surface area contributed by atoms with Gasteiger partial charge in [0.25, 0.3) is 0 Å². The van der Waals surface area contributed by atoms with E-state index in [0.717, 1.165) is 17.7 Å². The highest BCUT2D eigenvalue weighted by atomic mass is 19.4. The molecule has 4 rings (SSSR count). The summed E-state index contributed by atoms with van der Waals surface area (Å²) in [5.74, 6) is -2.77. The van der Waals surface area contributed by atoms with Crippen LogP contribution in [-0.2, 0) is 4.79 Å². The van der Waals surface area contributed by atoms with E-state index in [2.05, 4.69) is 15.0 Å². The lowest BCUT2D eigenvalue weighted by Gasteiger charge is -2.17. The van der Waals surface area contributed by atoms with Crippen molar-refractivity contribution in [1.82, 2.24) is 5.32 Å². The average molecular weight is 474 g/mol. The van der Waals surface area contributed by atoms with Crippen LogP contribution >= 0.6 is 0 Å². The highest BCUT2D eigenvalue weighted by Gasteiger charge is 2.37. The van der Waals surface area contributed by atoms with Gasteiger partial charge >= 0.3 is 6.36 Å². The number of nitrogens with zero attached hydrogens (tertiary/aromatic N) is 1. The summed E-state index contributed by atoms with van der Waals surface area (Å²) in [5.41, 5.74) is 1.99. The van der Waals surface area contributed by atoms with Crippen LogP contribution in [0.3, 0.4) is 0 Å². The molecule has 176 valence electrons. The molecule has 1 N–H and O–H groups in total. The van der Waals surface area contributed by atoms with E-state index in [0.29, 0.717) is 11.1 Å². The predicted molar refractivity (Wildman–Crippen MR) is 116 cm³/mol. The fourth-order valence-electron chi connectivity index (χ4n) is 4.02. The van der Waals surface area contributed by atoms with Crippen LogP contribution in [0, 0.1) is 17.6 Å². The molecule has 2 atom stereocenters. The standard InChI is InChI=1S/C25H19F5N2O2/c1-31-24(33)18-13-21(22-19(26)3-2-4-20(22)27)32-23(18)16-7-5-14(6-8-16)15-9-11-17(12-10-15)34-25(28,29)30/h2-12,18,23H,13H2,1H3,(H,31,33)/t18-,23?/m0/s1. The minimum atomic E-state index is -4.77. The molecule has 3 aromatic carbocycles. The van der Waals surface area contributed by atoms with Crippen LogP contribution in [0.15, 0.2) is 71.7 Å². The maximum atomic E-state index is 14.3. The largest absolute Gasteiger partial charge is 0.573 e. The first kappa shape index (κ1) is 23.4. The Bertz CT molecular complexity index is 1200. The summed E-state index contributed by atoms with van der Waals surface area (Å²) in [5, 5.41) is 2.57. The van der Waals surface area contributed by atoms with Gasteiger partial charge in [0, 0.05) is 19.2 Å². The maximum absolute atomic E-state index is 14.3. The Labute approximate surface area is 192 Å². The summed E-state index contributed by atoms with van der Waals surface area (Å²) in [6, 6.07) is 15.3. The molecule has 1 amide bonds. The third-order valence-electron chi connectivity index (χ3n) is 5.60. The first-order valence-electron chi connectivity index (χ1n) is 10.3. The topological polar surface area (TPSA) is 50.7 Å². The maximum Gasteiger partial charge on any atom is 0.573 e. The summed E-state index contributed by atoms with van der Waals surface area (Å²) in [7, 11) is 1.48. The summed E-state index contributed by atoms with van der Waals surface area (Å²) in [6.45, 7) is 0. The van der Waals surface area contributed by atoms with Crippen LogP contribution in [0.2, 0.25) is 0 Å². The molecule has 0 saturated heterocycles. The first-order valence-corrected chi connectivity index (χ1v) is 10.3. The van der Waals surface area contributed by atoms with Gasteiger partial charge in [-0.2, -0.15) is 0 Å². The smallest absolute Gasteiger partial charge is 0.406 e. The van der Waals surface area contributed by atoms with Crippen LogP contribution in [0.5, 0.6) is 5.75 Å². The Morgan fingerprint density at radius 2 is 1.50 bits per heavy atom. The molecule has 0 spiro atoms. The van der Waals surface area contributed by atoms with Crippen molar-refractivity contribution in [2.45, 2.75) is 18.8 Å². The quantitative estimate of drug-likeness (QED) is 0.474. The predicted octanol–water partition coefficient (Wildman–Crippen LogP) is 5.83. The summed E-state index contributed by atoms with van der Waals surface area (Å²) < 4.78 is 69.5. The van der Waals surface area contributed by atoms with Crippen LogP contribution in [0.1, 0.15) is 23.6 Å². The lowest BCUT2D eigenvalue weighted by atomic mass is 9.90. The number of carbonyl (C=O) groups is 1. The second-order valence-electron chi connectivity index (χ2n) is 7.74. The Morgan fingerprint density at radius 3 is 2.03 bits per heavy atom. The van der Waals surface area contributed by atoms with Gasteiger partial charge in [0.15, 0.2) is 0 Å². The molecule has 0 fully saturated rings. The summed E-state index contributed by atoms with van der Waals surface area (Å²) >= 11 is 0. The average Bonchev–Trinajstić information content (AvgIpc) is 3.23. The van der Waals surface area contributed by atoms with Crippen molar-refractivity contribution in [1.29, 1.82) is 0 Å². The molecule has 0 bridgehead atoms. The van der Waals surface area contributed by atoms with E-state index >= 15 is 0 Å². The van der Waals surface area contributed by atoms with E-state index in [4.69, 9.17) is 0 Å². The summed E-state index contributed by atoms with van der Waals surface area (Å²) in [6.07, 6.45) is -4.69. The number of amides is 1. The van der Waals surface area contributed by atoms with Gasteiger partial charge < -0.3 is 10.1 Å². The molecule has 9 heteroatoms. The van der Waals surface area contributed by atoms with Crippen molar-refractivity contribution >= 4 is 11.6 Å². The number of halogens is 5. The van der Waals surface area contributed by atoms with Crippen LogP contribution < -0.4 is 10.1 Å². The number of carbonyl (C=O) groups excluding carboxylic acids is 1. The van der Waals surface area contributed by atoms with Crippen molar-refractivity contribution < 1.29 is 31.5 Å². The number of hydrogen-bond acceptors (Lipinski definition) is 3. The molecule has 1 aliphatic heterocycles. The second-order valence-corrected chi connectivity index (χ2v) is 7.74. The van der Waals surface area contributed by atoms with Gasteiger partial charge in [-0.3, -0.25) is 9.79 Å². The molecule has 0 aromatic heterocycles. The van der Waals surface area contributed by atoms with E-state index < -0.39 is 30.0 Å². The zero-order chi connectivity index (χ0) is 24.5. The molecule has 0 saturated carbocycles. The Balaban J connectivity index is 1.62. The molecule has 1 aliphatic rings.